The predicted octanol–water partition coefficient (Wildman–Crippen LogP) is 1.42. The number of aryl methyl sites for hydroxylation is 1. The summed E-state index contributed by atoms with van der Waals surface area (Å²) >= 11 is 0. The number of hydrogen-bond donors (Lipinski definition) is 2. The maximum Gasteiger partial charge on any atom is 0.254 e. The van der Waals surface area contributed by atoms with E-state index in [0.717, 1.165) is 16.6 Å². The summed E-state index contributed by atoms with van der Waals surface area (Å²) in [7, 11) is 0. The van der Waals surface area contributed by atoms with Gasteiger partial charge in [-0.1, -0.05) is 6.07 Å². The third-order valence-electron chi connectivity index (χ3n) is 3.43. The van der Waals surface area contributed by atoms with E-state index in [1.165, 1.54) is 17.9 Å². The fourth-order valence-electron chi connectivity index (χ4n) is 2.52. The topological polar surface area (TPSA) is 108 Å². The first kappa shape index (κ1) is 14.8. The molecule has 0 unspecified atom stereocenters. The molecule has 0 aliphatic heterocycles. The zero-order valence-corrected chi connectivity index (χ0v) is 12.8. The Bertz CT molecular complexity index is 908. The minimum Gasteiger partial charge on any atom is -0.398 e. The number of anilines is 2. The molecule has 0 saturated heterocycles. The van der Waals surface area contributed by atoms with Crippen LogP contribution in [0.15, 0.2) is 30.5 Å². The fourth-order valence-corrected chi connectivity index (χ4v) is 2.52. The summed E-state index contributed by atoms with van der Waals surface area (Å²) in [5.41, 5.74) is 8.11. The van der Waals surface area contributed by atoms with E-state index in [1.807, 2.05) is 25.1 Å². The summed E-state index contributed by atoms with van der Waals surface area (Å²) < 4.78 is 1.59. The van der Waals surface area contributed by atoms with Crippen molar-refractivity contribution in [3.05, 3.63) is 36.2 Å². The molecule has 0 spiro atoms. The lowest BCUT2D eigenvalue weighted by Crippen LogP contribution is -2.20. The molecule has 0 bridgehead atoms. The Balaban J connectivity index is 1.89. The monoisotopic (exact) mass is 312 g/mol. The fraction of sp³-hybridized carbons (Fsp3) is 0.200. The van der Waals surface area contributed by atoms with Crippen LogP contribution >= 0.6 is 0 Å². The molecule has 8 nitrogen and oxygen atoms in total. The van der Waals surface area contributed by atoms with E-state index in [0.29, 0.717) is 11.5 Å². The van der Waals surface area contributed by atoms with Gasteiger partial charge in [-0.05, 0) is 25.1 Å². The standard InChI is InChI=1S/C15H16N6O2/c1-9-6-11-12(16)4-3-5-13(11)21(9)15(23)8-20-17-7-14(19-20)18-10(2)22/h3-7H,8,16H2,1-2H3,(H,18,19,22). The van der Waals surface area contributed by atoms with Gasteiger partial charge in [-0.15, -0.1) is 5.10 Å². The molecule has 1 aromatic carbocycles. The van der Waals surface area contributed by atoms with E-state index in [2.05, 4.69) is 15.5 Å². The lowest BCUT2D eigenvalue weighted by atomic mass is 10.2. The van der Waals surface area contributed by atoms with Crippen LogP contribution in [0.1, 0.15) is 17.4 Å². The lowest BCUT2D eigenvalue weighted by Gasteiger charge is -2.06. The highest BCUT2D eigenvalue weighted by Crippen LogP contribution is 2.24. The summed E-state index contributed by atoms with van der Waals surface area (Å²) in [6.45, 7) is 3.18. The maximum atomic E-state index is 12.6. The van der Waals surface area contributed by atoms with E-state index in [9.17, 15) is 9.59 Å². The molecule has 3 rings (SSSR count). The van der Waals surface area contributed by atoms with Crippen LogP contribution in [-0.4, -0.2) is 31.4 Å². The van der Waals surface area contributed by atoms with Crippen LogP contribution in [0.3, 0.4) is 0 Å². The van der Waals surface area contributed by atoms with Crippen molar-refractivity contribution in [2.75, 3.05) is 11.1 Å². The van der Waals surface area contributed by atoms with Gasteiger partial charge < -0.3 is 11.1 Å². The van der Waals surface area contributed by atoms with Crippen LogP contribution in [0, 0.1) is 6.92 Å². The predicted molar refractivity (Wildman–Crippen MR) is 86.0 cm³/mol. The van der Waals surface area contributed by atoms with Crippen LogP contribution in [0.2, 0.25) is 0 Å². The average molecular weight is 312 g/mol. The van der Waals surface area contributed by atoms with Crippen molar-refractivity contribution in [2.24, 2.45) is 0 Å². The molecular formula is C15H16N6O2. The highest BCUT2D eigenvalue weighted by Gasteiger charge is 2.15. The number of nitrogen functional groups attached to an aromatic ring is 1. The van der Waals surface area contributed by atoms with E-state index < -0.39 is 0 Å². The minimum atomic E-state index is -0.244. The molecule has 0 atom stereocenters. The van der Waals surface area contributed by atoms with Crippen molar-refractivity contribution in [3.63, 3.8) is 0 Å². The molecule has 0 saturated carbocycles. The number of carbonyl (C=O) groups is 2. The van der Waals surface area contributed by atoms with Crippen molar-refractivity contribution in [3.8, 4) is 0 Å². The van der Waals surface area contributed by atoms with Gasteiger partial charge in [0.2, 0.25) is 5.91 Å². The molecule has 3 aromatic rings. The van der Waals surface area contributed by atoms with Crippen LogP contribution in [0.5, 0.6) is 0 Å². The molecule has 1 amide bonds. The number of rotatable bonds is 3. The Hall–Kier alpha value is -3.16. The molecule has 2 heterocycles. The lowest BCUT2D eigenvalue weighted by molar-refractivity contribution is -0.114. The Morgan fingerprint density at radius 3 is 2.87 bits per heavy atom. The highest BCUT2D eigenvalue weighted by molar-refractivity contribution is 5.99. The third-order valence-corrected chi connectivity index (χ3v) is 3.43. The van der Waals surface area contributed by atoms with Gasteiger partial charge in [-0.25, -0.2) is 0 Å². The number of hydrogen-bond acceptors (Lipinski definition) is 5. The second-order valence-electron chi connectivity index (χ2n) is 5.24. The van der Waals surface area contributed by atoms with Gasteiger partial charge in [-0.2, -0.15) is 9.90 Å². The van der Waals surface area contributed by atoms with Crippen molar-refractivity contribution in [1.29, 1.82) is 0 Å². The molecule has 0 fully saturated rings. The quantitative estimate of drug-likeness (QED) is 0.711. The number of fused-ring (bicyclic) bond motifs is 1. The summed E-state index contributed by atoms with van der Waals surface area (Å²) in [6.07, 6.45) is 1.40. The van der Waals surface area contributed by atoms with E-state index in [1.54, 1.807) is 10.6 Å². The number of nitrogens with two attached hydrogens (primary N) is 1. The zero-order chi connectivity index (χ0) is 16.6. The van der Waals surface area contributed by atoms with E-state index in [-0.39, 0.29) is 18.4 Å². The van der Waals surface area contributed by atoms with Gasteiger partial charge >= 0.3 is 0 Å². The van der Waals surface area contributed by atoms with Crippen LogP contribution in [-0.2, 0) is 11.3 Å². The number of nitrogens with zero attached hydrogens (tertiary/aromatic N) is 4. The molecule has 118 valence electrons. The molecule has 2 aromatic heterocycles. The van der Waals surface area contributed by atoms with Gasteiger partial charge in [0.25, 0.3) is 5.91 Å². The smallest absolute Gasteiger partial charge is 0.254 e. The van der Waals surface area contributed by atoms with Crippen molar-refractivity contribution in [1.82, 2.24) is 19.6 Å². The Labute approximate surface area is 131 Å². The first-order valence-electron chi connectivity index (χ1n) is 7.03. The molecule has 3 N–H and O–H groups in total. The normalized spacial score (nSPS) is 10.9. The number of amides is 1. The largest absolute Gasteiger partial charge is 0.398 e. The number of benzene rings is 1. The first-order valence-corrected chi connectivity index (χ1v) is 7.03. The molecular weight excluding hydrogens is 296 g/mol. The number of nitrogens with one attached hydrogen (secondary N) is 1. The Morgan fingerprint density at radius 2 is 2.13 bits per heavy atom. The number of carbonyl (C=O) groups excluding carboxylic acids is 2. The molecule has 0 aliphatic carbocycles. The van der Waals surface area contributed by atoms with Gasteiger partial charge in [0.15, 0.2) is 5.82 Å². The van der Waals surface area contributed by atoms with Gasteiger partial charge in [0.05, 0.1) is 11.7 Å². The Kier molecular flexibility index (Phi) is 3.57. The van der Waals surface area contributed by atoms with Crippen LogP contribution in [0.25, 0.3) is 10.9 Å². The van der Waals surface area contributed by atoms with Crippen molar-refractivity contribution >= 4 is 34.2 Å². The summed E-state index contributed by atoms with van der Waals surface area (Å²) in [4.78, 5) is 24.8. The summed E-state index contributed by atoms with van der Waals surface area (Å²) in [5, 5.41) is 11.4. The maximum absolute atomic E-state index is 12.6. The van der Waals surface area contributed by atoms with Gasteiger partial charge in [0, 0.05) is 23.7 Å². The molecule has 0 aliphatic rings. The van der Waals surface area contributed by atoms with Crippen LogP contribution < -0.4 is 11.1 Å². The van der Waals surface area contributed by atoms with Gasteiger partial charge in [-0.3, -0.25) is 14.2 Å². The molecule has 8 heteroatoms. The SMILES string of the molecule is CC(=O)Nc1cnn(CC(=O)n2c(C)cc3c(N)cccc32)n1. The second-order valence-corrected chi connectivity index (χ2v) is 5.24. The van der Waals surface area contributed by atoms with Crippen molar-refractivity contribution in [2.45, 2.75) is 20.4 Å². The minimum absolute atomic E-state index is 0.0427. The van der Waals surface area contributed by atoms with Crippen LogP contribution in [0.4, 0.5) is 11.5 Å². The van der Waals surface area contributed by atoms with Gasteiger partial charge in [0.1, 0.15) is 6.54 Å². The third kappa shape index (κ3) is 2.78. The van der Waals surface area contributed by atoms with E-state index in [4.69, 9.17) is 5.73 Å². The number of aromatic nitrogens is 4. The Morgan fingerprint density at radius 1 is 1.35 bits per heavy atom. The molecule has 0 radical (unpaired) electrons. The average Bonchev–Trinajstić information content (AvgIpc) is 3.02. The molecule has 23 heavy (non-hydrogen) atoms. The summed E-state index contributed by atoms with van der Waals surface area (Å²) in [5.74, 6) is -0.122. The zero-order valence-electron chi connectivity index (χ0n) is 12.8. The summed E-state index contributed by atoms with van der Waals surface area (Å²) in [6, 6.07) is 7.32. The van der Waals surface area contributed by atoms with E-state index >= 15 is 0 Å². The first-order chi connectivity index (χ1) is 11.0. The van der Waals surface area contributed by atoms with Crippen molar-refractivity contribution < 1.29 is 9.59 Å². The highest BCUT2D eigenvalue weighted by atomic mass is 16.2. The second kappa shape index (κ2) is 5.56.